The highest BCUT2D eigenvalue weighted by Crippen LogP contribution is 2.36. The van der Waals surface area contributed by atoms with Crippen molar-refractivity contribution in [3.8, 4) is 0 Å². The molecular formula is C11H10F2N2S2. The van der Waals surface area contributed by atoms with Crippen molar-refractivity contribution >= 4 is 28.8 Å². The zero-order valence-corrected chi connectivity index (χ0v) is 10.9. The number of benzene rings is 1. The lowest BCUT2D eigenvalue weighted by Gasteiger charge is -2.03. The summed E-state index contributed by atoms with van der Waals surface area (Å²) in [7, 11) is 0. The first kappa shape index (κ1) is 12.3. The summed E-state index contributed by atoms with van der Waals surface area (Å²) < 4.78 is 27.7. The van der Waals surface area contributed by atoms with Crippen LogP contribution in [0.3, 0.4) is 0 Å². The van der Waals surface area contributed by atoms with Gasteiger partial charge in [0.15, 0.2) is 4.34 Å². The standard InChI is InChI=1S/C11H10F2N2S2/c1-5-6(2)16-11(15-5)17-10-8(12)3-7(14)4-9(10)13/h3-4H,14H2,1-2H3. The number of aryl methyl sites for hydroxylation is 2. The molecule has 6 heteroatoms. The fourth-order valence-electron chi connectivity index (χ4n) is 1.25. The third-order valence-corrected chi connectivity index (χ3v) is 4.45. The number of anilines is 1. The van der Waals surface area contributed by atoms with Gasteiger partial charge in [-0.15, -0.1) is 11.3 Å². The fourth-order valence-corrected chi connectivity index (χ4v) is 3.35. The number of nitrogens with two attached hydrogens (primary N) is 1. The van der Waals surface area contributed by atoms with Gasteiger partial charge in [-0.2, -0.15) is 0 Å². The Labute approximate surface area is 106 Å². The van der Waals surface area contributed by atoms with Gasteiger partial charge in [0, 0.05) is 10.6 Å². The molecule has 0 amide bonds. The molecule has 0 aliphatic rings. The second-order valence-electron chi connectivity index (χ2n) is 3.54. The van der Waals surface area contributed by atoms with E-state index >= 15 is 0 Å². The molecule has 0 saturated heterocycles. The minimum absolute atomic E-state index is 0.0621. The zero-order valence-electron chi connectivity index (χ0n) is 9.25. The third kappa shape index (κ3) is 2.58. The highest BCUT2D eigenvalue weighted by atomic mass is 32.2. The largest absolute Gasteiger partial charge is 0.399 e. The topological polar surface area (TPSA) is 38.9 Å². The molecule has 0 radical (unpaired) electrons. The molecular weight excluding hydrogens is 262 g/mol. The van der Waals surface area contributed by atoms with E-state index in [0.717, 1.165) is 34.5 Å². The highest BCUT2D eigenvalue weighted by Gasteiger charge is 2.14. The predicted molar refractivity (Wildman–Crippen MR) is 66.5 cm³/mol. The van der Waals surface area contributed by atoms with E-state index in [2.05, 4.69) is 4.98 Å². The molecule has 2 aromatic rings. The first-order valence-corrected chi connectivity index (χ1v) is 6.47. The number of hydrogen-bond acceptors (Lipinski definition) is 4. The maximum Gasteiger partial charge on any atom is 0.155 e. The van der Waals surface area contributed by atoms with Crippen LogP contribution < -0.4 is 5.73 Å². The van der Waals surface area contributed by atoms with Gasteiger partial charge in [0.2, 0.25) is 0 Å². The molecule has 17 heavy (non-hydrogen) atoms. The summed E-state index contributed by atoms with van der Waals surface area (Å²) in [5, 5.41) is 0. The highest BCUT2D eigenvalue weighted by molar-refractivity contribution is 8.01. The van der Waals surface area contributed by atoms with Gasteiger partial charge in [0.1, 0.15) is 11.6 Å². The van der Waals surface area contributed by atoms with Crippen molar-refractivity contribution in [1.29, 1.82) is 0 Å². The fraction of sp³-hybridized carbons (Fsp3) is 0.182. The van der Waals surface area contributed by atoms with Crippen LogP contribution in [0.5, 0.6) is 0 Å². The van der Waals surface area contributed by atoms with Crippen molar-refractivity contribution in [3.05, 3.63) is 34.3 Å². The average Bonchev–Trinajstić information content (AvgIpc) is 2.52. The number of thiazole rings is 1. The van der Waals surface area contributed by atoms with E-state index in [1.807, 2.05) is 13.8 Å². The van der Waals surface area contributed by atoms with Gasteiger partial charge in [-0.1, -0.05) is 11.8 Å². The summed E-state index contributed by atoms with van der Waals surface area (Å²) in [6, 6.07) is 2.22. The summed E-state index contributed by atoms with van der Waals surface area (Å²) in [5.74, 6) is -1.31. The third-order valence-electron chi connectivity index (χ3n) is 2.22. The lowest BCUT2D eigenvalue weighted by Crippen LogP contribution is -1.92. The second-order valence-corrected chi connectivity index (χ2v) is 6.00. The van der Waals surface area contributed by atoms with Crippen molar-refractivity contribution in [2.45, 2.75) is 23.1 Å². The number of hydrogen-bond donors (Lipinski definition) is 1. The smallest absolute Gasteiger partial charge is 0.155 e. The molecule has 0 fully saturated rings. The Bertz CT molecular complexity index is 524. The molecule has 0 spiro atoms. The summed E-state index contributed by atoms with van der Waals surface area (Å²) in [4.78, 5) is 5.21. The maximum absolute atomic E-state index is 13.5. The van der Waals surface area contributed by atoms with Crippen LogP contribution in [0, 0.1) is 25.5 Å². The number of rotatable bonds is 2. The first-order chi connectivity index (χ1) is 7.97. The lowest BCUT2D eigenvalue weighted by molar-refractivity contribution is 0.542. The van der Waals surface area contributed by atoms with Crippen LogP contribution in [-0.2, 0) is 0 Å². The van der Waals surface area contributed by atoms with Gasteiger partial charge in [-0.05, 0) is 26.0 Å². The predicted octanol–water partition coefficient (Wildman–Crippen LogP) is 3.77. The van der Waals surface area contributed by atoms with Crippen LogP contribution in [0.2, 0.25) is 0 Å². The van der Waals surface area contributed by atoms with Crippen molar-refractivity contribution in [2.75, 3.05) is 5.73 Å². The lowest BCUT2D eigenvalue weighted by atomic mass is 10.3. The first-order valence-electron chi connectivity index (χ1n) is 4.84. The van der Waals surface area contributed by atoms with E-state index in [9.17, 15) is 8.78 Å². The summed E-state index contributed by atoms with van der Waals surface area (Å²) >= 11 is 2.40. The molecule has 1 aromatic heterocycles. The summed E-state index contributed by atoms with van der Waals surface area (Å²) in [6.45, 7) is 3.79. The molecule has 1 aromatic carbocycles. The zero-order chi connectivity index (χ0) is 12.6. The molecule has 0 unspecified atom stereocenters. The molecule has 0 saturated carbocycles. The molecule has 0 atom stereocenters. The molecule has 2 nitrogen and oxygen atoms in total. The Morgan fingerprint density at radius 2 is 1.82 bits per heavy atom. The van der Waals surface area contributed by atoms with Crippen molar-refractivity contribution < 1.29 is 8.78 Å². The van der Waals surface area contributed by atoms with Gasteiger partial charge < -0.3 is 5.73 Å². The minimum atomic E-state index is -0.655. The van der Waals surface area contributed by atoms with Crippen LogP contribution in [-0.4, -0.2) is 4.98 Å². The summed E-state index contributed by atoms with van der Waals surface area (Å²) in [6.07, 6.45) is 0. The van der Waals surface area contributed by atoms with Crippen LogP contribution in [0.4, 0.5) is 14.5 Å². The van der Waals surface area contributed by atoms with Crippen molar-refractivity contribution in [1.82, 2.24) is 4.98 Å². The normalized spacial score (nSPS) is 10.8. The van der Waals surface area contributed by atoms with E-state index in [-0.39, 0.29) is 10.6 Å². The van der Waals surface area contributed by atoms with Gasteiger partial charge in [0.25, 0.3) is 0 Å². The summed E-state index contributed by atoms with van der Waals surface area (Å²) in [5.41, 5.74) is 6.31. The number of nitrogen functional groups attached to an aromatic ring is 1. The Kier molecular flexibility index (Phi) is 3.35. The minimum Gasteiger partial charge on any atom is -0.399 e. The van der Waals surface area contributed by atoms with Gasteiger partial charge >= 0.3 is 0 Å². The SMILES string of the molecule is Cc1nc(Sc2c(F)cc(N)cc2F)sc1C. The van der Waals surface area contributed by atoms with Crippen LogP contribution >= 0.6 is 23.1 Å². The Morgan fingerprint density at radius 3 is 2.29 bits per heavy atom. The quantitative estimate of drug-likeness (QED) is 0.846. The Balaban J connectivity index is 2.36. The molecule has 2 rings (SSSR count). The Hall–Kier alpha value is -1.14. The van der Waals surface area contributed by atoms with E-state index in [4.69, 9.17) is 5.73 Å². The molecule has 0 bridgehead atoms. The van der Waals surface area contributed by atoms with E-state index in [1.165, 1.54) is 11.3 Å². The van der Waals surface area contributed by atoms with Crippen LogP contribution in [0.15, 0.2) is 21.4 Å². The van der Waals surface area contributed by atoms with E-state index < -0.39 is 11.6 Å². The number of nitrogens with zero attached hydrogens (tertiary/aromatic N) is 1. The van der Waals surface area contributed by atoms with Gasteiger partial charge in [0.05, 0.1) is 10.6 Å². The molecule has 0 aliphatic heterocycles. The van der Waals surface area contributed by atoms with Crippen LogP contribution in [0.1, 0.15) is 10.6 Å². The van der Waals surface area contributed by atoms with Crippen molar-refractivity contribution in [3.63, 3.8) is 0 Å². The number of halogens is 2. The molecule has 0 aliphatic carbocycles. The second kappa shape index (κ2) is 4.62. The van der Waals surface area contributed by atoms with Crippen LogP contribution in [0.25, 0.3) is 0 Å². The van der Waals surface area contributed by atoms with Gasteiger partial charge in [-0.3, -0.25) is 0 Å². The number of aromatic nitrogens is 1. The van der Waals surface area contributed by atoms with Gasteiger partial charge in [-0.25, -0.2) is 13.8 Å². The van der Waals surface area contributed by atoms with Crippen molar-refractivity contribution in [2.24, 2.45) is 0 Å². The maximum atomic E-state index is 13.5. The molecule has 2 N–H and O–H groups in total. The Morgan fingerprint density at radius 1 is 1.24 bits per heavy atom. The average molecular weight is 272 g/mol. The molecule has 1 heterocycles. The molecule has 90 valence electrons. The van der Waals surface area contributed by atoms with E-state index in [0.29, 0.717) is 4.34 Å². The monoisotopic (exact) mass is 272 g/mol. The van der Waals surface area contributed by atoms with E-state index in [1.54, 1.807) is 0 Å².